The third-order valence-corrected chi connectivity index (χ3v) is 19.6. The number of unbranched alkanes of at least 4 members (excludes halogenated alkanes) is 36. The topological polar surface area (TPSA) is 86.6 Å². The fraction of sp³-hybridized carbons (Fsp3) is 0.800. The fourth-order valence-electron chi connectivity index (χ4n) is 9.86. The maximum atomic E-state index is 11.9. The van der Waals surface area contributed by atoms with Crippen molar-refractivity contribution >= 4 is 71.3 Å². The van der Waals surface area contributed by atoms with Crippen LogP contribution in [0.1, 0.15) is 307 Å². The Morgan fingerprint density at radius 3 is 0.819 bits per heavy atom. The molecular formula is C60H110O4P2S5Zn. The van der Waals surface area contributed by atoms with Crippen LogP contribution in [0.5, 0.6) is 0 Å². The average molecular weight is 1180 g/mol. The van der Waals surface area contributed by atoms with E-state index in [4.69, 9.17) is 23.6 Å². The molecule has 72 heavy (non-hydrogen) atoms. The first-order valence-corrected chi connectivity index (χ1v) is 37.8. The summed E-state index contributed by atoms with van der Waals surface area (Å²) in [6.07, 6.45) is 57.6. The summed E-state index contributed by atoms with van der Waals surface area (Å²) in [5.41, 5.74) is -1.80. The molecule has 0 unspecified atom stereocenters. The quantitative estimate of drug-likeness (QED) is 0.0385. The maximum absolute atomic E-state index is 11.9. The van der Waals surface area contributed by atoms with Gasteiger partial charge in [-0.1, -0.05) is 283 Å². The summed E-state index contributed by atoms with van der Waals surface area (Å²) in [5.74, 6) is 0. The van der Waals surface area contributed by atoms with E-state index in [9.17, 15) is 19.6 Å². The second kappa shape index (κ2) is 52.9. The molecule has 0 heterocycles. The molecule has 0 aliphatic rings. The van der Waals surface area contributed by atoms with E-state index in [1.165, 1.54) is 273 Å². The van der Waals surface area contributed by atoms with Crippen LogP contribution in [-0.2, 0) is 68.8 Å². The van der Waals surface area contributed by atoms with Crippen molar-refractivity contribution in [3.05, 3.63) is 58.7 Å². The van der Waals surface area contributed by atoms with Crippen LogP contribution in [0.3, 0.4) is 0 Å². The SMILES string of the molecule is CCCCCCCCCCCCc1cccc(SP(O)(O)=S)c1CCCCCCCCCCCC.CCCCCCCCCCCCc1cccc(SP([O-])([O-])=S)c1CCCCCCCCCCCC.S.[Zn+2]. The number of aryl methyl sites for hydroxylation is 2. The fourth-order valence-corrected chi connectivity index (χ4v) is 15.3. The number of hydrogen-bond acceptors (Lipinski definition) is 6. The van der Waals surface area contributed by atoms with Gasteiger partial charge in [0.2, 0.25) is 5.69 Å². The summed E-state index contributed by atoms with van der Waals surface area (Å²) in [5, 5.41) is 0. The Kier molecular flexibility index (Phi) is 55.4. The van der Waals surface area contributed by atoms with Crippen LogP contribution >= 0.6 is 47.6 Å². The first-order chi connectivity index (χ1) is 34.0. The van der Waals surface area contributed by atoms with Crippen molar-refractivity contribution in [2.75, 3.05) is 0 Å². The van der Waals surface area contributed by atoms with E-state index in [1.54, 1.807) is 0 Å². The normalized spacial score (nSPS) is 11.6. The van der Waals surface area contributed by atoms with E-state index in [1.807, 2.05) is 18.2 Å². The van der Waals surface area contributed by atoms with Crippen molar-refractivity contribution in [1.29, 1.82) is 0 Å². The summed E-state index contributed by atoms with van der Waals surface area (Å²) in [6, 6.07) is 12.5. The van der Waals surface area contributed by atoms with Gasteiger partial charge in [0, 0.05) is 9.79 Å². The summed E-state index contributed by atoms with van der Waals surface area (Å²) >= 11 is 11.7. The minimum atomic E-state index is -3.80. The van der Waals surface area contributed by atoms with E-state index in [2.05, 4.69) is 45.9 Å². The van der Waals surface area contributed by atoms with E-state index in [-0.39, 0.29) is 33.0 Å². The number of hydrogen-bond donors (Lipinski definition) is 2. The molecule has 2 aromatic rings. The first kappa shape index (κ1) is 75.3. The van der Waals surface area contributed by atoms with E-state index in [0.717, 1.165) is 64.7 Å². The van der Waals surface area contributed by atoms with Gasteiger partial charge >= 0.3 is 19.5 Å². The largest absolute Gasteiger partial charge is 2.00 e. The second-order valence-electron chi connectivity index (χ2n) is 20.6. The van der Waals surface area contributed by atoms with Gasteiger partial charge in [0.05, 0.1) is 0 Å². The minimum Gasteiger partial charge on any atom is -0.824 e. The van der Waals surface area contributed by atoms with Crippen molar-refractivity contribution in [2.24, 2.45) is 0 Å². The Morgan fingerprint density at radius 1 is 0.361 bits per heavy atom. The summed E-state index contributed by atoms with van der Waals surface area (Å²) in [6.45, 7) is 9.09. The molecule has 2 N–H and O–H groups in total. The van der Waals surface area contributed by atoms with Crippen LogP contribution in [0, 0.1) is 0 Å². The zero-order valence-electron chi connectivity index (χ0n) is 47.0. The molecule has 0 spiro atoms. The Morgan fingerprint density at radius 2 is 0.583 bits per heavy atom. The van der Waals surface area contributed by atoms with Gasteiger partial charge in [-0.15, -0.1) is 23.2 Å². The van der Waals surface area contributed by atoms with Crippen molar-refractivity contribution in [3.63, 3.8) is 0 Å². The van der Waals surface area contributed by atoms with Gasteiger partial charge in [0.15, 0.2) is 0 Å². The molecule has 0 saturated carbocycles. The zero-order chi connectivity index (χ0) is 51.2. The molecule has 12 heteroatoms. The Balaban J connectivity index is 0. The third kappa shape index (κ3) is 46.2. The predicted molar refractivity (Wildman–Crippen MR) is 330 cm³/mol. The Bertz CT molecular complexity index is 1480. The maximum Gasteiger partial charge on any atom is 2.00 e. The van der Waals surface area contributed by atoms with Crippen molar-refractivity contribution < 1.29 is 39.1 Å². The van der Waals surface area contributed by atoms with Gasteiger partial charge in [0.25, 0.3) is 0 Å². The average Bonchev–Trinajstić information content (AvgIpc) is 3.32. The van der Waals surface area contributed by atoms with E-state index in [0.29, 0.717) is 0 Å². The molecule has 0 aromatic heterocycles. The van der Waals surface area contributed by atoms with Gasteiger partial charge in [-0.2, -0.15) is 19.2 Å². The molecule has 0 fully saturated rings. The van der Waals surface area contributed by atoms with E-state index >= 15 is 0 Å². The number of benzene rings is 2. The smallest absolute Gasteiger partial charge is 0.824 e. The van der Waals surface area contributed by atoms with Gasteiger partial charge in [-0.3, -0.25) is 0 Å². The Hall–Kier alpha value is 1.25. The monoisotopic (exact) mass is 1180 g/mol. The molecule has 0 bridgehead atoms. The molecule has 0 radical (unpaired) electrons. The molecule has 2 aromatic carbocycles. The molecule has 0 amide bonds. The van der Waals surface area contributed by atoms with Gasteiger partial charge < -0.3 is 19.6 Å². The van der Waals surface area contributed by atoms with Gasteiger partial charge in [-0.25, -0.2) is 0 Å². The van der Waals surface area contributed by atoms with Crippen LogP contribution in [0.2, 0.25) is 0 Å². The third-order valence-electron chi connectivity index (χ3n) is 14.0. The van der Waals surface area contributed by atoms with Crippen molar-refractivity contribution in [3.8, 4) is 0 Å². The van der Waals surface area contributed by atoms with Crippen molar-refractivity contribution in [2.45, 2.75) is 320 Å². The first-order valence-electron chi connectivity index (χ1n) is 29.6. The van der Waals surface area contributed by atoms with Gasteiger partial charge in [-0.05, 0) is 109 Å². The molecule has 4 nitrogen and oxygen atoms in total. The van der Waals surface area contributed by atoms with Crippen molar-refractivity contribution in [1.82, 2.24) is 0 Å². The molecule has 0 aliphatic carbocycles. The van der Waals surface area contributed by atoms with Crippen LogP contribution in [-0.4, -0.2) is 9.79 Å². The molecule has 0 saturated heterocycles. The second-order valence-corrected chi connectivity index (χ2v) is 32.2. The van der Waals surface area contributed by atoms with Gasteiger partial charge in [0.1, 0.15) is 0 Å². The predicted octanol–water partition coefficient (Wildman–Crippen LogP) is 20.7. The summed E-state index contributed by atoms with van der Waals surface area (Å²) < 4.78 is 0. The molecule has 2 rings (SSSR count). The number of rotatable bonds is 48. The standard InChI is InChI=1S/2C30H55O2PS2.H2S.Zn/c2*1-3-5-7-9-11-13-15-17-19-21-24-28-25-23-27-30(35-33(31,32)34)29(28)26-22-20-18-16-14-12-10-8-6-4-2;;/h2*23,25,27H,3-22,24,26H2,1-2H3,(H2,31,32,34);1H2;/q;;;+2/p-2. The van der Waals surface area contributed by atoms with E-state index < -0.39 is 11.4 Å². The minimum absolute atomic E-state index is 0. The van der Waals surface area contributed by atoms with Crippen LogP contribution < -0.4 is 9.79 Å². The van der Waals surface area contributed by atoms with Crippen LogP contribution in [0.4, 0.5) is 0 Å². The summed E-state index contributed by atoms with van der Waals surface area (Å²) in [4.78, 5) is 45.5. The molecule has 0 aliphatic heterocycles. The van der Waals surface area contributed by atoms with Crippen LogP contribution in [0.15, 0.2) is 46.2 Å². The zero-order valence-corrected chi connectivity index (χ0v) is 56.0. The van der Waals surface area contributed by atoms with Crippen LogP contribution in [0.25, 0.3) is 0 Å². The Labute approximate surface area is 485 Å². The summed E-state index contributed by atoms with van der Waals surface area (Å²) in [7, 11) is 0. The molecular weight excluding hydrogens is 1070 g/mol. The molecule has 0 atom stereocenters. The molecule has 416 valence electrons.